The summed E-state index contributed by atoms with van der Waals surface area (Å²) in [4.78, 5) is 12.2. The number of carbonyl (C=O) groups is 1. The minimum atomic E-state index is -1.08. The Hall–Kier alpha value is -1.72. The van der Waals surface area contributed by atoms with Gasteiger partial charge in [-0.1, -0.05) is 25.1 Å². The molecule has 0 bridgehead atoms. The van der Waals surface area contributed by atoms with Crippen molar-refractivity contribution in [3.63, 3.8) is 0 Å². The van der Waals surface area contributed by atoms with Gasteiger partial charge in [-0.05, 0) is 53.8 Å². The van der Waals surface area contributed by atoms with Crippen molar-refractivity contribution in [2.75, 3.05) is 6.54 Å². The first-order chi connectivity index (χ1) is 10.9. The van der Waals surface area contributed by atoms with Crippen LogP contribution in [0.5, 0.6) is 0 Å². The summed E-state index contributed by atoms with van der Waals surface area (Å²) in [6.07, 6.45) is 1.08. The van der Waals surface area contributed by atoms with Gasteiger partial charge in [0.25, 0.3) is 0 Å². The van der Waals surface area contributed by atoms with Gasteiger partial charge >= 0.3 is 0 Å². The molecule has 0 radical (unpaired) electrons. The molecule has 5 heteroatoms. The lowest BCUT2D eigenvalue weighted by Gasteiger charge is -2.24. The van der Waals surface area contributed by atoms with E-state index in [4.69, 9.17) is 0 Å². The van der Waals surface area contributed by atoms with Crippen molar-refractivity contribution in [2.45, 2.75) is 32.3 Å². The van der Waals surface area contributed by atoms with E-state index in [1.807, 2.05) is 23.8 Å². The molecule has 1 amide bonds. The van der Waals surface area contributed by atoms with E-state index in [1.54, 1.807) is 25.1 Å². The van der Waals surface area contributed by atoms with E-state index in [0.29, 0.717) is 18.4 Å². The van der Waals surface area contributed by atoms with Gasteiger partial charge in [0.05, 0.1) is 6.54 Å². The molecule has 0 aliphatic heterocycles. The lowest BCUT2D eigenvalue weighted by molar-refractivity contribution is -0.125. The van der Waals surface area contributed by atoms with Crippen LogP contribution >= 0.6 is 11.3 Å². The van der Waals surface area contributed by atoms with E-state index in [1.165, 1.54) is 17.4 Å². The van der Waals surface area contributed by atoms with E-state index < -0.39 is 5.60 Å². The molecule has 3 nitrogen and oxygen atoms in total. The number of thiophene rings is 1. The molecule has 0 fully saturated rings. The van der Waals surface area contributed by atoms with Gasteiger partial charge in [0.1, 0.15) is 11.4 Å². The molecular formula is C18H22FNO2S. The Morgan fingerprint density at radius 1 is 1.39 bits per heavy atom. The predicted molar refractivity (Wildman–Crippen MR) is 90.8 cm³/mol. The third-order valence-electron chi connectivity index (χ3n) is 4.00. The Balaban J connectivity index is 1.82. The Morgan fingerprint density at radius 2 is 2.13 bits per heavy atom. The molecule has 0 spiro atoms. The number of halogens is 1. The SMILES string of the molecule is CC(CCc1ccccc1F)C(=O)NCC(C)(O)c1ccsc1. The molecule has 2 atom stereocenters. The van der Waals surface area contributed by atoms with E-state index in [2.05, 4.69) is 5.32 Å². The maximum absolute atomic E-state index is 13.6. The second-order valence-electron chi connectivity index (χ2n) is 6.03. The standard InChI is InChI=1S/C18H22FNO2S/c1-13(7-8-14-5-3-4-6-16(14)19)17(21)20-12-18(2,22)15-9-10-23-11-15/h3-6,9-11,13,22H,7-8,12H2,1-2H3,(H,20,21). The smallest absolute Gasteiger partial charge is 0.222 e. The van der Waals surface area contributed by atoms with Crippen LogP contribution in [-0.2, 0) is 16.8 Å². The second kappa shape index (κ2) is 7.70. The Labute approximate surface area is 140 Å². The van der Waals surface area contributed by atoms with Crippen molar-refractivity contribution in [3.8, 4) is 0 Å². The summed E-state index contributed by atoms with van der Waals surface area (Å²) in [5, 5.41) is 16.9. The fraction of sp³-hybridized carbons (Fsp3) is 0.389. The molecule has 23 heavy (non-hydrogen) atoms. The molecule has 0 aliphatic carbocycles. The van der Waals surface area contributed by atoms with Gasteiger partial charge in [-0.15, -0.1) is 0 Å². The highest BCUT2D eigenvalue weighted by molar-refractivity contribution is 7.08. The van der Waals surface area contributed by atoms with Crippen LogP contribution in [0.3, 0.4) is 0 Å². The number of nitrogens with one attached hydrogen (secondary N) is 1. The van der Waals surface area contributed by atoms with Gasteiger partial charge in [-0.3, -0.25) is 4.79 Å². The monoisotopic (exact) mass is 335 g/mol. The second-order valence-corrected chi connectivity index (χ2v) is 6.81. The fourth-order valence-corrected chi connectivity index (χ4v) is 3.09. The minimum Gasteiger partial charge on any atom is -0.384 e. The average Bonchev–Trinajstić information content (AvgIpc) is 3.07. The van der Waals surface area contributed by atoms with Crippen LogP contribution in [0, 0.1) is 11.7 Å². The molecule has 124 valence electrons. The van der Waals surface area contributed by atoms with Crippen LogP contribution in [0.15, 0.2) is 41.1 Å². The van der Waals surface area contributed by atoms with Gasteiger partial charge in [0.2, 0.25) is 5.91 Å². The number of amides is 1. The summed E-state index contributed by atoms with van der Waals surface area (Å²) in [6.45, 7) is 3.65. The number of aliphatic hydroxyl groups is 1. The van der Waals surface area contributed by atoms with E-state index in [0.717, 1.165) is 5.56 Å². The number of hydrogen-bond acceptors (Lipinski definition) is 3. The number of hydrogen-bond donors (Lipinski definition) is 2. The van der Waals surface area contributed by atoms with Crippen molar-refractivity contribution in [2.24, 2.45) is 5.92 Å². The zero-order valence-corrected chi connectivity index (χ0v) is 14.2. The third-order valence-corrected chi connectivity index (χ3v) is 4.69. The van der Waals surface area contributed by atoms with Crippen molar-refractivity contribution >= 4 is 17.2 Å². The average molecular weight is 335 g/mol. The summed E-state index contributed by atoms with van der Waals surface area (Å²) in [7, 11) is 0. The molecule has 1 aromatic carbocycles. The fourth-order valence-electron chi connectivity index (χ4n) is 2.31. The predicted octanol–water partition coefficient (Wildman–Crippen LogP) is 3.48. The number of carbonyl (C=O) groups excluding carboxylic acids is 1. The Kier molecular flexibility index (Phi) is 5.91. The van der Waals surface area contributed by atoms with Crippen LogP contribution in [0.4, 0.5) is 4.39 Å². The number of rotatable bonds is 7. The molecule has 2 N–H and O–H groups in total. The quantitative estimate of drug-likeness (QED) is 0.814. The summed E-state index contributed by atoms with van der Waals surface area (Å²) in [5.74, 6) is -0.606. The molecule has 2 aromatic rings. The number of benzene rings is 1. The van der Waals surface area contributed by atoms with Crippen LogP contribution in [0.1, 0.15) is 31.4 Å². The molecule has 2 unspecified atom stereocenters. The summed E-state index contributed by atoms with van der Waals surface area (Å²) >= 11 is 1.51. The Morgan fingerprint density at radius 3 is 2.78 bits per heavy atom. The largest absolute Gasteiger partial charge is 0.384 e. The first kappa shape index (κ1) is 17.6. The van der Waals surface area contributed by atoms with Crippen LogP contribution in [-0.4, -0.2) is 17.6 Å². The topological polar surface area (TPSA) is 49.3 Å². The normalized spacial score (nSPS) is 15.0. The summed E-state index contributed by atoms with van der Waals surface area (Å²) < 4.78 is 13.6. The summed E-state index contributed by atoms with van der Waals surface area (Å²) in [5.41, 5.74) is 0.334. The summed E-state index contributed by atoms with van der Waals surface area (Å²) in [6, 6.07) is 8.46. The molecular weight excluding hydrogens is 313 g/mol. The highest BCUT2D eigenvalue weighted by Crippen LogP contribution is 2.22. The first-order valence-electron chi connectivity index (χ1n) is 7.66. The molecule has 1 aromatic heterocycles. The van der Waals surface area contributed by atoms with E-state index in [-0.39, 0.29) is 24.2 Å². The van der Waals surface area contributed by atoms with Gasteiger partial charge in [-0.2, -0.15) is 11.3 Å². The lowest BCUT2D eigenvalue weighted by Crippen LogP contribution is -2.40. The molecule has 0 saturated heterocycles. The van der Waals surface area contributed by atoms with Crippen LogP contribution in [0.2, 0.25) is 0 Å². The van der Waals surface area contributed by atoms with Gasteiger partial charge in [-0.25, -0.2) is 4.39 Å². The van der Waals surface area contributed by atoms with Crippen LogP contribution < -0.4 is 5.32 Å². The molecule has 0 aliphatic rings. The lowest BCUT2D eigenvalue weighted by atomic mass is 9.97. The minimum absolute atomic E-state index is 0.128. The highest BCUT2D eigenvalue weighted by Gasteiger charge is 2.25. The van der Waals surface area contributed by atoms with E-state index >= 15 is 0 Å². The van der Waals surface area contributed by atoms with Gasteiger partial charge in [0, 0.05) is 5.92 Å². The highest BCUT2D eigenvalue weighted by atomic mass is 32.1. The van der Waals surface area contributed by atoms with Gasteiger partial charge in [0.15, 0.2) is 0 Å². The van der Waals surface area contributed by atoms with Crippen LogP contribution in [0.25, 0.3) is 0 Å². The zero-order chi connectivity index (χ0) is 16.9. The van der Waals surface area contributed by atoms with Crippen molar-refractivity contribution < 1.29 is 14.3 Å². The van der Waals surface area contributed by atoms with Crippen molar-refractivity contribution in [1.29, 1.82) is 0 Å². The molecule has 1 heterocycles. The zero-order valence-electron chi connectivity index (χ0n) is 13.4. The number of aryl methyl sites for hydroxylation is 1. The van der Waals surface area contributed by atoms with Crippen molar-refractivity contribution in [3.05, 3.63) is 58.0 Å². The molecule has 2 rings (SSSR count). The maximum atomic E-state index is 13.6. The third kappa shape index (κ3) is 4.88. The van der Waals surface area contributed by atoms with Gasteiger partial charge < -0.3 is 10.4 Å². The first-order valence-corrected chi connectivity index (χ1v) is 8.60. The maximum Gasteiger partial charge on any atom is 0.222 e. The van der Waals surface area contributed by atoms with Crippen molar-refractivity contribution in [1.82, 2.24) is 5.32 Å². The molecule has 0 saturated carbocycles. The Bertz CT molecular complexity index is 640. The van der Waals surface area contributed by atoms with E-state index in [9.17, 15) is 14.3 Å².